The molecule has 1 aromatic carbocycles. The molecule has 1 heterocycles. The number of rotatable bonds is 8. The van der Waals surface area contributed by atoms with Gasteiger partial charge in [-0.3, -0.25) is 9.59 Å². The predicted molar refractivity (Wildman–Crippen MR) is 95.4 cm³/mol. The van der Waals surface area contributed by atoms with Gasteiger partial charge in [-0.15, -0.1) is 0 Å². The zero-order valence-electron chi connectivity index (χ0n) is 15.4. The van der Waals surface area contributed by atoms with Crippen LogP contribution < -0.4 is 5.73 Å². The topological polar surface area (TPSA) is 108 Å². The zero-order valence-corrected chi connectivity index (χ0v) is 15.4. The fourth-order valence-corrected chi connectivity index (χ4v) is 2.60. The van der Waals surface area contributed by atoms with Crippen LogP contribution in [0, 0.1) is 0 Å². The molecule has 0 bridgehead atoms. The number of amides is 1. The lowest BCUT2D eigenvalue weighted by Crippen LogP contribution is -2.25. The molecule has 0 aliphatic heterocycles. The number of esters is 1. The molecule has 2 N–H and O–H groups in total. The molecule has 0 aliphatic carbocycles. The Hall–Kier alpha value is -2.70. The molecular weight excluding hydrogens is 334 g/mol. The van der Waals surface area contributed by atoms with Gasteiger partial charge in [0, 0.05) is 5.92 Å². The molecule has 1 unspecified atom stereocenters. The summed E-state index contributed by atoms with van der Waals surface area (Å²) < 4.78 is 10.5. The van der Waals surface area contributed by atoms with E-state index in [0.29, 0.717) is 6.42 Å². The number of nitrogens with two attached hydrogens (primary N) is 1. The fourth-order valence-electron chi connectivity index (χ4n) is 2.60. The summed E-state index contributed by atoms with van der Waals surface area (Å²) >= 11 is 0. The minimum Gasteiger partial charge on any atom is -0.460 e. The van der Waals surface area contributed by atoms with E-state index in [0.717, 1.165) is 12.8 Å². The van der Waals surface area contributed by atoms with Crippen molar-refractivity contribution in [3.63, 3.8) is 0 Å². The molecule has 0 fully saturated rings. The summed E-state index contributed by atoms with van der Waals surface area (Å²) in [6.07, 6.45) is 2.44. The first-order valence-corrected chi connectivity index (χ1v) is 8.64. The lowest BCUT2D eigenvalue weighted by Gasteiger charge is -2.21. The van der Waals surface area contributed by atoms with Crippen molar-refractivity contribution in [2.75, 3.05) is 0 Å². The van der Waals surface area contributed by atoms with Gasteiger partial charge in [-0.2, -0.15) is 4.98 Å². The molecule has 0 aliphatic rings. The minimum atomic E-state index is -0.764. The van der Waals surface area contributed by atoms with Crippen molar-refractivity contribution in [3.05, 3.63) is 47.6 Å². The molecule has 1 amide bonds. The highest BCUT2D eigenvalue weighted by Gasteiger charge is 2.26. The lowest BCUT2D eigenvalue weighted by atomic mass is 9.96. The van der Waals surface area contributed by atoms with E-state index in [4.69, 9.17) is 15.0 Å². The maximum Gasteiger partial charge on any atom is 0.307 e. The number of aryl methyl sites for hydroxylation is 1. The van der Waals surface area contributed by atoms with E-state index in [-0.39, 0.29) is 30.0 Å². The van der Waals surface area contributed by atoms with E-state index < -0.39 is 11.5 Å². The first kappa shape index (κ1) is 19.6. The quantitative estimate of drug-likeness (QED) is 0.726. The molecule has 1 aromatic heterocycles. The summed E-state index contributed by atoms with van der Waals surface area (Å²) in [6, 6.07) is 10.1. The zero-order chi connectivity index (χ0) is 19.2. The number of nitrogens with zero attached hydrogens (tertiary/aromatic N) is 2. The third kappa shape index (κ3) is 6.31. The van der Waals surface area contributed by atoms with Gasteiger partial charge in [-0.05, 0) is 45.6 Å². The Labute approximate surface area is 152 Å². The molecule has 7 heteroatoms. The Morgan fingerprint density at radius 2 is 1.92 bits per heavy atom. The first-order chi connectivity index (χ1) is 12.2. The summed E-state index contributed by atoms with van der Waals surface area (Å²) in [4.78, 5) is 27.4. The third-order valence-electron chi connectivity index (χ3n) is 3.71. The van der Waals surface area contributed by atoms with Crippen LogP contribution in [0.15, 0.2) is 34.9 Å². The van der Waals surface area contributed by atoms with Crippen LogP contribution >= 0.6 is 0 Å². The van der Waals surface area contributed by atoms with Crippen molar-refractivity contribution in [3.8, 4) is 0 Å². The summed E-state index contributed by atoms with van der Waals surface area (Å²) in [7, 11) is 0. The molecule has 26 heavy (non-hydrogen) atoms. The Bertz CT molecular complexity index is 735. The average molecular weight is 359 g/mol. The second-order valence-electron chi connectivity index (χ2n) is 7.19. The van der Waals surface area contributed by atoms with E-state index in [2.05, 4.69) is 22.3 Å². The molecule has 7 nitrogen and oxygen atoms in total. The number of carbonyl (C=O) groups is 2. The van der Waals surface area contributed by atoms with Crippen molar-refractivity contribution >= 4 is 11.9 Å². The van der Waals surface area contributed by atoms with E-state index in [1.165, 1.54) is 5.56 Å². The van der Waals surface area contributed by atoms with Crippen LogP contribution in [0.2, 0.25) is 0 Å². The SMILES string of the molecule is CC(C)(C)OC(=O)CC(CCCc1ccccc1)c1nc(C(N)=O)no1. The summed E-state index contributed by atoms with van der Waals surface area (Å²) in [5.41, 5.74) is 5.82. The highest BCUT2D eigenvalue weighted by atomic mass is 16.6. The first-order valence-electron chi connectivity index (χ1n) is 8.64. The van der Waals surface area contributed by atoms with E-state index in [9.17, 15) is 9.59 Å². The largest absolute Gasteiger partial charge is 0.460 e. The minimum absolute atomic E-state index is 0.104. The molecule has 0 spiro atoms. The van der Waals surface area contributed by atoms with Gasteiger partial charge in [-0.25, -0.2) is 0 Å². The maximum absolute atomic E-state index is 12.2. The van der Waals surface area contributed by atoms with Gasteiger partial charge in [0.15, 0.2) is 0 Å². The maximum atomic E-state index is 12.2. The van der Waals surface area contributed by atoms with Crippen LogP contribution in [0.25, 0.3) is 0 Å². The summed E-state index contributed by atoms with van der Waals surface area (Å²) in [5.74, 6) is -1.38. The van der Waals surface area contributed by atoms with Gasteiger partial charge < -0.3 is 15.0 Å². The van der Waals surface area contributed by atoms with Crippen LogP contribution in [0.3, 0.4) is 0 Å². The smallest absolute Gasteiger partial charge is 0.307 e. The van der Waals surface area contributed by atoms with Crippen LogP contribution in [0.5, 0.6) is 0 Å². The second-order valence-corrected chi connectivity index (χ2v) is 7.19. The van der Waals surface area contributed by atoms with Crippen molar-refractivity contribution in [1.82, 2.24) is 10.1 Å². The fraction of sp³-hybridized carbons (Fsp3) is 0.474. The number of hydrogen-bond acceptors (Lipinski definition) is 6. The van der Waals surface area contributed by atoms with Crippen LogP contribution in [-0.2, 0) is 16.0 Å². The normalized spacial score (nSPS) is 12.6. The molecular formula is C19H25N3O4. The molecule has 2 rings (SSSR count). The Morgan fingerprint density at radius 3 is 2.50 bits per heavy atom. The lowest BCUT2D eigenvalue weighted by molar-refractivity contribution is -0.155. The number of carbonyl (C=O) groups excluding carboxylic acids is 2. The number of aromatic nitrogens is 2. The predicted octanol–water partition coefficient (Wildman–Crippen LogP) is 3.01. The third-order valence-corrected chi connectivity index (χ3v) is 3.71. The summed E-state index contributed by atoms with van der Waals surface area (Å²) in [6.45, 7) is 5.44. The number of primary amides is 1. The van der Waals surface area contributed by atoms with Crippen molar-refractivity contribution in [1.29, 1.82) is 0 Å². The average Bonchev–Trinajstić information content (AvgIpc) is 3.03. The second kappa shape index (κ2) is 8.60. The monoisotopic (exact) mass is 359 g/mol. The van der Waals surface area contributed by atoms with Gasteiger partial charge >= 0.3 is 5.97 Å². The Morgan fingerprint density at radius 1 is 1.23 bits per heavy atom. The van der Waals surface area contributed by atoms with E-state index >= 15 is 0 Å². The van der Waals surface area contributed by atoms with Crippen molar-refractivity contribution < 1.29 is 18.8 Å². The molecule has 0 saturated carbocycles. The Kier molecular flexibility index (Phi) is 6.49. The van der Waals surface area contributed by atoms with Gasteiger partial charge in [0.25, 0.3) is 11.7 Å². The molecule has 2 aromatic rings. The highest BCUT2D eigenvalue weighted by Crippen LogP contribution is 2.26. The van der Waals surface area contributed by atoms with Gasteiger partial charge in [0.1, 0.15) is 5.60 Å². The van der Waals surface area contributed by atoms with E-state index in [1.807, 2.05) is 39.0 Å². The Balaban J connectivity index is 2.04. The molecule has 1 atom stereocenters. The standard InChI is InChI=1S/C19H25N3O4/c1-19(2,3)25-15(23)12-14(18-21-17(16(20)24)22-26-18)11-7-10-13-8-5-4-6-9-13/h4-6,8-9,14H,7,10-12H2,1-3H3,(H2,20,24). The van der Waals surface area contributed by atoms with Crippen LogP contribution in [-0.4, -0.2) is 27.6 Å². The molecule has 0 saturated heterocycles. The van der Waals surface area contributed by atoms with Crippen molar-refractivity contribution in [2.24, 2.45) is 5.73 Å². The number of ether oxygens (including phenoxy) is 1. The van der Waals surface area contributed by atoms with Gasteiger partial charge in [0.05, 0.1) is 6.42 Å². The van der Waals surface area contributed by atoms with E-state index in [1.54, 1.807) is 0 Å². The summed E-state index contributed by atoms with van der Waals surface area (Å²) in [5, 5.41) is 3.57. The van der Waals surface area contributed by atoms with Crippen LogP contribution in [0.1, 0.15) is 68.0 Å². The number of hydrogen-bond donors (Lipinski definition) is 1. The van der Waals surface area contributed by atoms with Gasteiger partial charge in [-0.1, -0.05) is 35.5 Å². The van der Waals surface area contributed by atoms with Crippen LogP contribution in [0.4, 0.5) is 0 Å². The molecule has 0 radical (unpaired) electrons. The van der Waals surface area contributed by atoms with Gasteiger partial charge in [0.2, 0.25) is 5.89 Å². The highest BCUT2D eigenvalue weighted by molar-refractivity contribution is 5.88. The molecule has 140 valence electrons. The number of benzene rings is 1. The van der Waals surface area contributed by atoms with Crippen molar-refractivity contribution in [2.45, 2.75) is 58.0 Å².